The fourth-order valence-corrected chi connectivity index (χ4v) is 5.11. The summed E-state index contributed by atoms with van der Waals surface area (Å²) in [5, 5.41) is 5.42. The Bertz CT molecular complexity index is 772. The van der Waals surface area contributed by atoms with Crippen molar-refractivity contribution in [3.63, 3.8) is 0 Å². The summed E-state index contributed by atoms with van der Waals surface area (Å²) in [6, 6.07) is 3.13. The molecule has 1 aromatic rings. The van der Waals surface area contributed by atoms with Gasteiger partial charge >= 0.3 is 6.03 Å². The van der Waals surface area contributed by atoms with Crippen LogP contribution in [0.25, 0.3) is 0 Å². The Labute approximate surface area is 166 Å². The minimum atomic E-state index is -3.45. The van der Waals surface area contributed by atoms with E-state index >= 15 is 0 Å². The molecule has 0 saturated carbocycles. The topological polar surface area (TPSA) is 104 Å². The van der Waals surface area contributed by atoms with Crippen molar-refractivity contribution < 1.29 is 17.9 Å². The van der Waals surface area contributed by atoms with E-state index < -0.39 is 16.1 Å². The highest BCUT2D eigenvalue weighted by molar-refractivity contribution is 7.89. The molecule has 0 spiro atoms. The lowest BCUT2D eigenvalue weighted by Gasteiger charge is -2.34. The van der Waals surface area contributed by atoms with E-state index in [2.05, 4.69) is 20.5 Å². The average molecular weight is 412 g/mol. The van der Waals surface area contributed by atoms with Gasteiger partial charge in [0.05, 0.1) is 23.6 Å². The van der Waals surface area contributed by atoms with Gasteiger partial charge in [0.15, 0.2) is 5.82 Å². The highest BCUT2D eigenvalue weighted by Gasteiger charge is 2.30. The average Bonchev–Trinajstić information content (AvgIpc) is 3.15. The minimum Gasteiger partial charge on any atom is -0.373 e. The molecule has 0 bridgehead atoms. The summed E-state index contributed by atoms with van der Waals surface area (Å²) < 4.78 is 32.1. The summed E-state index contributed by atoms with van der Waals surface area (Å²) in [6.07, 6.45) is 3.65. The Morgan fingerprint density at radius 3 is 2.61 bits per heavy atom. The second-order valence-corrected chi connectivity index (χ2v) is 9.43. The number of carbonyl (C=O) groups excluding carboxylic acids is 1. The molecule has 2 aliphatic heterocycles. The van der Waals surface area contributed by atoms with Crippen molar-refractivity contribution in [3.05, 3.63) is 18.3 Å². The summed E-state index contributed by atoms with van der Waals surface area (Å²) in [7, 11) is -3.45. The zero-order valence-electron chi connectivity index (χ0n) is 16.4. The van der Waals surface area contributed by atoms with Gasteiger partial charge in [0.1, 0.15) is 0 Å². The maximum atomic E-state index is 12.5. The Hall–Kier alpha value is -1.91. The van der Waals surface area contributed by atoms with Gasteiger partial charge in [0.2, 0.25) is 10.0 Å². The molecule has 2 amide bonds. The Morgan fingerprint density at radius 1 is 1.25 bits per heavy atom. The predicted octanol–water partition coefficient (Wildman–Crippen LogP) is 1.24. The number of pyridine rings is 1. The van der Waals surface area contributed by atoms with Crippen LogP contribution in [0.4, 0.5) is 16.3 Å². The third-order valence-electron chi connectivity index (χ3n) is 4.87. The molecule has 0 radical (unpaired) electrons. The van der Waals surface area contributed by atoms with E-state index in [9.17, 15) is 13.2 Å². The number of aromatic nitrogens is 1. The normalized spacial score (nSPS) is 23.6. The molecule has 0 aliphatic carbocycles. The number of anilines is 2. The van der Waals surface area contributed by atoms with E-state index in [1.54, 1.807) is 18.3 Å². The molecule has 10 heteroatoms. The molecule has 2 saturated heterocycles. The van der Waals surface area contributed by atoms with Crippen LogP contribution >= 0.6 is 0 Å². The van der Waals surface area contributed by atoms with Crippen LogP contribution in [0.15, 0.2) is 18.3 Å². The second-order valence-electron chi connectivity index (χ2n) is 7.34. The summed E-state index contributed by atoms with van der Waals surface area (Å²) in [6.45, 7) is 6.27. The number of amides is 2. The first-order valence-corrected chi connectivity index (χ1v) is 11.3. The monoisotopic (exact) mass is 411 g/mol. The van der Waals surface area contributed by atoms with Gasteiger partial charge in [-0.25, -0.2) is 18.2 Å². The number of carbonyl (C=O) groups is 1. The van der Waals surface area contributed by atoms with Crippen molar-refractivity contribution in [2.45, 2.75) is 38.9 Å². The summed E-state index contributed by atoms with van der Waals surface area (Å²) >= 11 is 0. The minimum absolute atomic E-state index is 0.0353. The van der Waals surface area contributed by atoms with Crippen molar-refractivity contribution in [1.82, 2.24) is 14.6 Å². The molecular weight excluding hydrogens is 382 g/mol. The standard InChI is InChI=1S/C18H29N5O4S/c1-14-12-23(13-15(2)27-14)28(25,26)11-8-20-18(24)21-16-6-5-7-19-17(16)22-9-3-4-10-22/h5-7,14-15H,3-4,8-13H2,1-2H3,(H2,20,21,24)/t14-,15-/m0/s1. The van der Waals surface area contributed by atoms with Crippen LogP contribution in [0.5, 0.6) is 0 Å². The molecule has 3 heterocycles. The summed E-state index contributed by atoms with van der Waals surface area (Å²) in [5.41, 5.74) is 0.626. The number of urea groups is 1. The fourth-order valence-electron chi connectivity index (χ4n) is 3.62. The molecule has 28 heavy (non-hydrogen) atoms. The lowest BCUT2D eigenvalue weighted by Crippen LogP contribution is -2.49. The Kier molecular flexibility index (Phi) is 6.73. The maximum Gasteiger partial charge on any atom is 0.319 e. The van der Waals surface area contributed by atoms with Gasteiger partial charge in [-0.05, 0) is 38.8 Å². The molecule has 2 N–H and O–H groups in total. The number of hydrogen-bond donors (Lipinski definition) is 2. The highest BCUT2D eigenvalue weighted by Crippen LogP contribution is 2.25. The first-order chi connectivity index (χ1) is 13.3. The number of ether oxygens (including phenoxy) is 1. The van der Waals surface area contributed by atoms with Gasteiger partial charge in [-0.3, -0.25) is 0 Å². The van der Waals surface area contributed by atoms with Gasteiger partial charge < -0.3 is 20.3 Å². The largest absolute Gasteiger partial charge is 0.373 e. The number of rotatable bonds is 6. The molecule has 1 aromatic heterocycles. The van der Waals surface area contributed by atoms with Crippen molar-refractivity contribution in [3.8, 4) is 0 Å². The fraction of sp³-hybridized carbons (Fsp3) is 0.667. The summed E-state index contributed by atoms with van der Waals surface area (Å²) in [5.74, 6) is 0.602. The molecule has 9 nitrogen and oxygen atoms in total. The van der Waals surface area contributed by atoms with Crippen molar-refractivity contribution in [1.29, 1.82) is 0 Å². The molecule has 0 aromatic carbocycles. The third-order valence-corrected chi connectivity index (χ3v) is 6.67. The number of hydrogen-bond acceptors (Lipinski definition) is 6. The van der Waals surface area contributed by atoms with Crippen LogP contribution in [0.1, 0.15) is 26.7 Å². The van der Waals surface area contributed by atoms with Gasteiger partial charge in [-0.15, -0.1) is 0 Å². The van der Waals surface area contributed by atoms with Gasteiger partial charge in [0.25, 0.3) is 0 Å². The molecule has 0 unspecified atom stereocenters. The van der Waals surface area contributed by atoms with E-state index in [0.717, 1.165) is 31.7 Å². The molecular formula is C18H29N5O4S. The van der Waals surface area contributed by atoms with E-state index in [-0.39, 0.29) is 24.5 Å². The Balaban J connectivity index is 1.51. The Morgan fingerprint density at radius 2 is 1.93 bits per heavy atom. The maximum absolute atomic E-state index is 12.5. The van der Waals surface area contributed by atoms with E-state index in [1.165, 1.54) is 4.31 Å². The van der Waals surface area contributed by atoms with Crippen molar-refractivity contribution >= 4 is 27.6 Å². The third kappa shape index (κ3) is 5.33. The zero-order chi connectivity index (χ0) is 20.1. The number of nitrogens with zero attached hydrogens (tertiary/aromatic N) is 3. The first-order valence-electron chi connectivity index (χ1n) is 9.73. The van der Waals surface area contributed by atoms with Crippen LogP contribution in [0.2, 0.25) is 0 Å². The van der Waals surface area contributed by atoms with E-state index in [1.807, 2.05) is 13.8 Å². The first kappa shape index (κ1) is 20.8. The number of morpholine rings is 1. The predicted molar refractivity (Wildman–Crippen MR) is 108 cm³/mol. The van der Waals surface area contributed by atoms with Crippen LogP contribution in [-0.4, -0.2) is 74.4 Å². The van der Waals surface area contributed by atoms with Gasteiger partial charge in [0, 0.05) is 38.9 Å². The van der Waals surface area contributed by atoms with Crippen LogP contribution in [0.3, 0.4) is 0 Å². The van der Waals surface area contributed by atoms with Gasteiger partial charge in [-0.2, -0.15) is 4.31 Å². The highest BCUT2D eigenvalue weighted by atomic mass is 32.2. The lowest BCUT2D eigenvalue weighted by molar-refractivity contribution is -0.0440. The van der Waals surface area contributed by atoms with Crippen molar-refractivity contribution in [2.24, 2.45) is 0 Å². The number of sulfonamides is 1. The molecule has 3 rings (SSSR count). The second kappa shape index (κ2) is 9.06. The molecule has 156 valence electrons. The van der Waals surface area contributed by atoms with E-state index in [4.69, 9.17) is 4.74 Å². The molecule has 2 atom stereocenters. The van der Waals surface area contributed by atoms with Crippen LogP contribution in [0, 0.1) is 0 Å². The molecule has 2 fully saturated rings. The molecule has 2 aliphatic rings. The van der Waals surface area contributed by atoms with Crippen LogP contribution < -0.4 is 15.5 Å². The van der Waals surface area contributed by atoms with Crippen molar-refractivity contribution in [2.75, 3.05) is 48.7 Å². The van der Waals surface area contributed by atoms with Gasteiger partial charge in [-0.1, -0.05) is 0 Å². The smallest absolute Gasteiger partial charge is 0.319 e. The zero-order valence-corrected chi connectivity index (χ0v) is 17.2. The number of nitrogens with one attached hydrogen (secondary N) is 2. The SMILES string of the molecule is C[C@H]1CN(S(=O)(=O)CCNC(=O)Nc2cccnc2N2CCCC2)C[C@H](C)O1. The quantitative estimate of drug-likeness (QED) is 0.730. The van der Waals surface area contributed by atoms with E-state index in [0.29, 0.717) is 18.8 Å². The lowest BCUT2D eigenvalue weighted by atomic mass is 10.3. The summed E-state index contributed by atoms with van der Waals surface area (Å²) in [4.78, 5) is 18.8. The van der Waals surface area contributed by atoms with Crippen LogP contribution in [-0.2, 0) is 14.8 Å².